The van der Waals surface area contributed by atoms with Gasteiger partial charge in [-0.25, -0.2) is 4.98 Å². The number of aromatic nitrogens is 2. The third-order valence-electron chi connectivity index (χ3n) is 2.71. The van der Waals surface area contributed by atoms with E-state index in [9.17, 15) is 0 Å². The van der Waals surface area contributed by atoms with Crippen molar-refractivity contribution in [2.24, 2.45) is 0 Å². The van der Waals surface area contributed by atoms with Crippen LogP contribution in [0.4, 0.5) is 0 Å². The fourth-order valence-electron chi connectivity index (χ4n) is 1.88. The van der Waals surface area contributed by atoms with Crippen LogP contribution < -0.4 is 0 Å². The van der Waals surface area contributed by atoms with Gasteiger partial charge < -0.3 is 0 Å². The first-order chi connectivity index (χ1) is 8.15. The quantitative estimate of drug-likeness (QED) is 0.638. The molecular formula is C13H11ClN2S. The molecule has 3 aromatic rings. The van der Waals surface area contributed by atoms with Crippen molar-refractivity contribution in [3.05, 3.63) is 46.1 Å². The lowest BCUT2D eigenvalue weighted by atomic mass is 10.3. The maximum absolute atomic E-state index is 6.18. The van der Waals surface area contributed by atoms with Crippen LogP contribution in [0, 0.1) is 13.8 Å². The van der Waals surface area contributed by atoms with E-state index in [1.165, 1.54) is 10.4 Å². The Hall–Kier alpha value is -1.32. The van der Waals surface area contributed by atoms with Crippen molar-refractivity contribution in [1.29, 1.82) is 0 Å². The number of aryl methyl sites for hydroxylation is 2. The van der Waals surface area contributed by atoms with Crippen molar-refractivity contribution in [3.8, 4) is 10.7 Å². The smallest absolute Gasteiger partial charge is 0.156 e. The van der Waals surface area contributed by atoms with Crippen LogP contribution in [0.2, 0.25) is 5.15 Å². The van der Waals surface area contributed by atoms with Gasteiger partial charge in [0.05, 0.1) is 10.4 Å². The van der Waals surface area contributed by atoms with Crippen molar-refractivity contribution < 1.29 is 0 Å². The summed E-state index contributed by atoms with van der Waals surface area (Å²) in [6, 6.07) is 8.31. The second-order valence-electron chi connectivity index (χ2n) is 4.10. The number of thiophene rings is 1. The zero-order valence-electron chi connectivity index (χ0n) is 9.57. The number of pyridine rings is 1. The molecule has 0 atom stereocenters. The molecule has 0 saturated heterocycles. The summed E-state index contributed by atoms with van der Waals surface area (Å²) in [5, 5.41) is 0.565. The Kier molecular flexibility index (Phi) is 2.45. The average Bonchev–Trinajstić information content (AvgIpc) is 2.84. The van der Waals surface area contributed by atoms with E-state index < -0.39 is 0 Å². The van der Waals surface area contributed by atoms with E-state index in [4.69, 9.17) is 11.6 Å². The highest BCUT2D eigenvalue weighted by Gasteiger charge is 2.12. The van der Waals surface area contributed by atoms with Crippen molar-refractivity contribution in [3.63, 3.8) is 0 Å². The van der Waals surface area contributed by atoms with Crippen molar-refractivity contribution in [2.75, 3.05) is 0 Å². The molecule has 4 heteroatoms. The largest absolute Gasteiger partial charge is 0.297 e. The van der Waals surface area contributed by atoms with Gasteiger partial charge in [-0.05, 0) is 43.7 Å². The van der Waals surface area contributed by atoms with E-state index in [0.717, 1.165) is 16.2 Å². The summed E-state index contributed by atoms with van der Waals surface area (Å²) >= 11 is 7.91. The number of hydrogen-bond acceptors (Lipinski definition) is 2. The fraction of sp³-hybridized carbons (Fsp3) is 0.154. The van der Waals surface area contributed by atoms with E-state index in [0.29, 0.717) is 5.15 Å². The molecule has 0 fully saturated rings. The molecule has 0 aliphatic rings. The second-order valence-corrected chi connectivity index (χ2v) is 5.74. The molecular weight excluding hydrogens is 252 g/mol. The Balaban J connectivity index is 2.31. The standard InChI is InChI=1S/C13H11ClN2S/c1-8-5-6-16-10(7-8)12(14)15-13(16)11-4-3-9(2)17-11/h3-7H,1-2H3. The topological polar surface area (TPSA) is 17.3 Å². The van der Waals surface area contributed by atoms with Gasteiger partial charge in [0.15, 0.2) is 11.0 Å². The third kappa shape index (κ3) is 1.75. The Morgan fingerprint density at radius 1 is 1.24 bits per heavy atom. The van der Waals surface area contributed by atoms with Gasteiger partial charge in [0.1, 0.15) is 0 Å². The summed E-state index contributed by atoms with van der Waals surface area (Å²) in [6.45, 7) is 4.15. The molecule has 3 aromatic heterocycles. The highest BCUT2D eigenvalue weighted by molar-refractivity contribution is 7.15. The summed E-state index contributed by atoms with van der Waals surface area (Å²) in [7, 11) is 0. The number of nitrogens with zero attached hydrogens (tertiary/aromatic N) is 2. The summed E-state index contributed by atoms with van der Waals surface area (Å²) in [4.78, 5) is 6.88. The Morgan fingerprint density at radius 2 is 2.06 bits per heavy atom. The minimum Gasteiger partial charge on any atom is -0.297 e. The molecule has 17 heavy (non-hydrogen) atoms. The van der Waals surface area contributed by atoms with Gasteiger partial charge in [-0.3, -0.25) is 4.40 Å². The molecule has 3 rings (SSSR count). The number of rotatable bonds is 1. The van der Waals surface area contributed by atoms with Gasteiger partial charge >= 0.3 is 0 Å². The van der Waals surface area contributed by atoms with Gasteiger partial charge in [0.25, 0.3) is 0 Å². The van der Waals surface area contributed by atoms with E-state index in [2.05, 4.69) is 43.1 Å². The van der Waals surface area contributed by atoms with Crippen LogP contribution in [-0.2, 0) is 0 Å². The molecule has 0 spiro atoms. The summed E-state index contributed by atoms with van der Waals surface area (Å²) in [5.74, 6) is 0.920. The minimum absolute atomic E-state index is 0.565. The molecule has 0 aliphatic carbocycles. The molecule has 0 bridgehead atoms. The molecule has 2 nitrogen and oxygen atoms in total. The molecule has 3 heterocycles. The second kappa shape index (κ2) is 3.86. The van der Waals surface area contributed by atoms with Crippen LogP contribution in [0.3, 0.4) is 0 Å². The zero-order valence-corrected chi connectivity index (χ0v) is 11.1. The molecule has 0 unspecified atom stereocenters. The van der Waals surface area contributed by atoms with Crippen LogP contribution in [0.5, 0.6) is 0 Å². The number of imidazole rings is 1. The first-order valence-electron chi connectivity index (χ1n) is 5.36. The minimum atomic E-state index is 0.565. The van der Waals surface area contributed by atoms with E-state index in [1.807, 2.05) is 10.6 Å². The van der Waals surface area contributed by atoms with Crippen LogP contribution >= 0.6 is 22.9 Å². The number of halogens is 1. The first kappa shape index (κ1) is 10.8. The lowest BCUT2D eigenvalue weighted by Gasteiger charge is -1.99. The van der Waals surface area contributed by atoms with Crippen molar-refractivity contribution in [1.82, 2.24) is 9.38 Å². The molecule has 0 N–H and O–H groups in total. The monoisotopic (exact) mass is 262 g/mol. The third-order valence-corrected chi connectivity index (χ3v) is 3.99. The summed E-state index contributed by atoms with van der Waals surface area (Å²) < 4.78 is 2.04. The molecule has 0 amide bonds. The molecule has 0 radical (unpaired) electrons. The molecule has 0 saturated carbocycles. The Bertz CT molecular complexity index is 697. The van der Waals surface area contributed by atoms with Crippen molar-refractivity contribution in [2.45, 2.75) is 13.8 Å². The van der Waals surface area contributed by atoms with Gasteiger partial charge in [-0.1, -0.05) is 11.6 Å². The lowest BCUT2D eigenvalue weighted by Crippen LogP contribution is -1.87. The predicted molar refractivity (Wildman–Crippen MR) is 73.0 cm³/mol. The van der Waals surface area contributed by atoms with Crippen LogP contribution in [0.25, 0.3) is 16.2 Å². The first-order valence-corrected chi connectivity index (χ1v) is 6.55. The number of hydrogen-bond donors (Lipinski definition) is 0. The summed E-state index contributed by atoms with van der Waals surface area (Å²) in [5.41, 5.74) is 2.15. The normalized spacial score (nSPS) is 11.2. The van der Waals surface area contributed by atoms with E-state index >= 15 is 0 Å². The SMILES string of the molecule is Cc1ccn2c(-c3ccc(C)s3)nc(Cl)c2c1. The highest BCUT2D eigenvalue weighted by atomic mass is 35.5. The zero-order chi connectivity index (χ0) is 12.0. The van der Waals surface area contributed by atoms with Gasteiger partial charge in [-0.15, -0.1) is 11.3 Å². The Morgan fingerprint density at radius 3 is 2.76 bits per heavy atom. The van der Waals surface area contributed by atoms with Gasteiger partial charge in [0, 0.05) is 11.1 Å². The molecule has 86 valence electrons. The van der Waals surface area contributed by atoms with Gasteiger partial charge in [-0.2, -0.15) is 0 Å². The van der Waals surface area contributed by atoms with Crippen molar-refractivity contribution >= 4 is 28.5 Å². The van der Waals surface area contributed by atoms with Crippen LogP contribution in [-0.4, -0.2) is 9.38 Å². The number of fused-ring (bicyclic) bond motifs is 1. The van der Waals surface area contributed by atoms with E-state index in [-0.39, 0.29) is 0 Å². The Labute approximate surface area is 108 Å². The predicted octanol–water partition coefficient (Wildman–Crippen LogP) is 4.33. The van der Waals surface area contributed by atoms with Crippen LogP contribution in [0.15, 0.2) is 30.5 Å². The van der Waals surface area contributed by atoms with E-state index in [1.54, 1.807) is 11.3 Å². The van der Waals surface area contributed by atoms with Crippen LogP contribution in [0.1, 0.15) is 10.4 Å². The lowest BCUT2D eigenvalue weighted by molar-refractivity contribution is 1.16. The molecule has 0 aromatic carbocycles. The summed E-state index contributed by atoms with van der Waals surface area (Å²) in [6.07, 6.45) is 2.02. The fourth-order valence-corrected chi connectivity index (χ4v) is 2.96. The average molecular weight is 263 g/mol. The maximum Gasteiger partial charge on any atom is 0.156 e. The van der Waals surface area contributed by atoms with Gasteiger partial charge in [0.2, 0.25) is 0 Å². The maximum atomic E-state index is 6.18. The highest BCUT2D eigenvalue weighted by Crippen LogP contribution is 2.30. The molecule has 0 aliphatic heterocycles.